The smallest absolute Gasteiger partial charge is 0.159 e. The molecule has 0 radical (unpaired) electrons. The zero-order chi connectivity index (χ0) is 46.5. The second-order valence-electron chi connectivity index (χ2n) is 17.8. The fourth-order valence-corrected chi connectivity index (χ4v) is 10.9. The summed E-state index contributed by atoms with van der Waals surface area (Å²) in [4.78, 5) is 4.43. The lowest BCUT2D eigenvalue weighted by molar-refractivity contribution is 0.627. The van der Waals surface area contributed by atoms with Gasteiger partial charge in [-0.25, -0.2) is 8.78 Å². The maximum Gasteiger partial charge on any atom is 0.159 e. The quantitative estimate of drug-likeness (QED) is 0.142. The summed E-state index contributed by atoms with van der Waals surface area (Å²) in [5, 5.41) is 10.3. The van der Waals surface area contributed by atoms with Crippen molar-refractivity contribution >= 4 is 110 Å². The summed E-state index contributed by atoms with van der Waals surface area (Å²) < 4.78 is 43.5. The Labute approximate surface area is 400 Å². The molecule has 0 atom stereocenters. The van der Waals surface area contributed by atoms with Gasteiger partial charge in [-0.3, -0.25) is 0 Å². The van der Waals surface area contributed by atoms with Gasteiger partial charge in [-0.15, -0.1) is 0 Å². The fraction of sp³-hybridized carbons (Fsp3) is 0. The van der Waals surface area contributed by atoms with Crippen molar-refractivity contribution in [3.05, 3.63) is 242 Å². The normalized spacial score (nSPS) is 11.9. The van der Waals surface area contributed by atoms with E-state index < -0.39 is 0 Å². The Morgan fingerprint density at radius 2 is 0.657 bits per heavy atom. The standard InChI is InChI=1S/C64H38F2N2O2/c65-41-25-29-43(30-26-41)67(55-21-11-19-49-45-17-7-9-23-59(45)69-63(49)55)57-37-53(39-13-3-1-4-14-39)47-33-35-52-58(38-54(40-15-5-2-6-16-40)48-34-36-51(57)61(47)62(48)52)68(44-31-27-42(66)28-32-44)56-22-12-20-50-46-18-8-10-24-60(46)70-64(50)56/h1-38H. The van der Waals surface area contributed by atoms with Crippen molar-refractivity contribution in [1.29, 1.82) is 0 Å². The van der Waals surface area contributed by atoms with Crippen molar-refractivity contribution in [2.75, 3.05) is 9.80 Å². The molecule has 0 aliphatic rings. The first-order valence-corrected chi connectivity index (χ1v) is 23.4. The summed E-state index contributed by atoms with van der Waals surface area (Å²) in [5.74, 6) is -0.646. The molecular weight excluding hydrogens is 867 g/mol. The second kappa shape index (κ2) is 15.7. The van der Waals surface area contributed by atoms with Crippen molar-refractivity contribution in [3.63, 3.8) is 0 Å². The van der Waals surface area contributed by atoms with Gasteiger partial charge in [0.05, 0.1) is 22.7 Å². The monoisotopic (exact) mass is 904 g/mol. The van der Waals surface area contributed by atoms with Crippen molar-refractivity contribution in [3.8, 4) is 22.3 Å². The van der Waals surface area contributed by atoms with Crippen LogP contribution in [-0.2, 0) is 0 Å². The van der Waals surface area contributed by atoms with E-state index >= 15 is 0 Å². The Kier molecular flexibility index (Phi) is 8.92. The van der Waals surface area contributed by atoms with Crippen LogP contribution in [0.15, 0.2) is 239 Å². The Morgan fingerprint density at radius 3 is 1.09 bits per heavy atom. The third-order valence-corrected chi connectivity index (χ3v) is 13.9. The highest BCUT2D eigenvalue weighted by molar-refractivity contribution is 6.33. The molecule has 0 bridgehead atoms. The predicted molar refractivity (Wildman–Crippen MR) is 285 cm³/mol. The van der Waals surface area contributed by atoms with Gasteiger partial charge in [0.1, 0.15) is 22.8 Å². The van der Waals surface area contributed by atoms with E-state index in [1.165, 1.54) is 24.3 Å². The molecule has 0 saturated heterocycles. The molecule has 2 aromatic heterocycles. The predicted octanol–water partition coefficient (Wildman–Crippen LogP) is 18.9. The number of hydrogen-bond donors (Lipinski definition) is 0. The van der Waals surface area contributed by atoms with E-state index in [9.17, 15) is 8.78 Å². The van der Waals surface area contributed by atoms with Gasteiger partial charge in [0.2, 0.25) is 0 Å². The minimum Gasteiger partial charge on any atom is -0.454 e. The summed E-state index contributed by atoms with van der Waals surface area (Å²) in [5.41, 5.74) is 12.2. The summed E-state index contributed by atoms with van der Waals surface area (Å²) in [6.45, 7) is 0. The molecule has 0 saturated carbocycles. The molecule has 0 spiro atoms. The number of fused-ring (bicyclic) bond motifs is 6. The molecule has 0 amide bonds. The number of furan rings is 2. The van der Waals surface area contributed by atoms with Crippen LogP contribution in [0.25, 0.3) is 98.4 Å². The largest absolute Gasteiger partial charge is 0.454 e. The average molecular weight is 905 g/mol. The summed E-state index contributed by atoms with van der Waals surface area (Å²) >= 11 is 0. The van der Waals surface area contributed by atoms with Gasteiger partial charge >= 0.3 is 0 Å². The van der Waals surface area contributed by atoms with E-state index in [2.05, 4.69) is 143 Å². The molecule has 12 aromatic carbocycles. The molecule has 70 heavy (non-hydrogen) atoms. The van der Waals surface area contributed by atoms with E-state index in [1.54, 1.807) is 0 Å². The van der Waals surface area contributed by atoms with Gasteiger partial charge in [-0.1, -0.05) is 146 Å². The number of hydrogen-bond acceptors (Lipinski definition) is 4. The molecule has 0 aliphatic carbocycles. The van der Waals surface area contributed by atoms with Gasteiger partial charge in [0.25, 0.3) is 0 Å². The van der Waals surface area contributed by atoms with Gasteiger partial charge in [-0.2, -0.15) is 0 Å². The lowest BCUT2D eigenvalue weighted by atomic mass is 9.85. The first-order chi connectivity index (χ1) is 34.6. The molecule has 0 fully saturated rings. The highest BCUT2D eigenvalue weighted by Crippen LogP contribution is 2.54. The second-order valence-corrected chi connectivity index (χ2v) is 17.8. The van der Waals surface area contributed by atoms with E-state index in [-0.39, 0.29) is 11.6 Å². The average Bonchev–Trinajstić information content (AvgIpc) is 4.00. The van der Waals surface area contributed by atoms with Crippen molar-refractivity contribution in [1.82, 2.24) is 0 Å². The molecule has 4 nitrogen and oxygen atoms in total. The number of para-hydroxylation sites is 4. The van der Waals surface area contributed by atoms with Crippen molar-refractivity contribution < 1.29 is 17.6 Å². The maximum absolute atomic E-state index is 15.0. The summed E-state index contributed by atoms with van der Waals surface area (Å²) in [6, 6.07) is 76.6. The Bertz CT molecular complexity index is 4030. The third kappa shape index (κ3) is 6.13. The Balaban J connectivity index is 1.14. The molecule has 14 rings (SSSR count). The summed E-state index contributed by atoms with van der Waals surface area (Å²) in [6.07, 6.45) is 0. The zero-order valence-electron chi connectivity index (χ0n) is 37.4. The van der Waals surface area contributed by atoms with E-state index in [4.69, 9.17) is 8.83 Å². The van der Waals surface area contributed by atoms with Crippen LogP contribution in [0, 0.1) is 11.6 Å². The van der Waals surface area contributed by atoms with Crippen LogP contribution in [-0.4, -0.2) is 0 Å². The zero-order valence-corrected chi connectivity index (χ0v) is 37.4. The van der Waals surface area contributed by atoms with Gasteiger partial charge in [0.15, 0.2) is 11.2 Å². The molecule has 14 aromatic rings. The lowest BCUT2D eigenvalue weighted by Crippen LogP contribution is -2.12. The third-order valence-electron chi connectivity index (χ3n) is 13.9. The molecular formula is C64H38F2N2O2. The minimum atomic E-state index is -0.323. The highest BCUT2D eigenvalue weighted by atomic mass is 19.1. The molecule has 6 heteroatoms. The van der Waals surface area contributed by atoms with Gasteiger partial charge in [-0.05, 0) is 118 Å². The van der Waals surface area contributed by atoms with Crippen molar-refractivity contribution in [2.45, 2.75) is 0 Å². The van der Waals surface area contributed by atoms with Crippen LogP contribution in [0.5, 0.6) is 0 Å². The molecule has 0 unspecified atom stereocenters. The van der Waals surface area contributed by atoms with Crippen LogP contribution in [0.2, 0.25) is 0 Å². The number of halogens is 2. The topological polar surface area (TPSA) is 32.8 Å². The number of benzene rings is 12. The number of nitrogens with zero attached hydrogens (tertiary/aromatic N) is 2. The first-order valence-electron chi connectivity index (χ1n) is 23.4. The first kappa shape index (κ1) is 39.9. The van der Waals surface area contributed by atoms with Crippen LogP contribution < -0.4 is 9.80 Å². The molecule has 330 valence electrons. The Hall–Kier alpha value is -9.26. The van der Waals surface area contributed by atoms with E-state index in [1.807, 2.05) is 72.8 Å². The van der Waals surface area contributed by atoms with Gasteiger partial charge < -0.3 is 18.6 Å². The highest BCUT2D eigenvalue weighted by Gasteiger charge is 2.28. The van der Waals surface area contributed by atoms with E-state index in [0.717, 1.165) is 133 Å². The number of rotatable bonds is 8. The number of anilines is 6. The lowest BCUT2D eigenvalue weighted by Gasteiger charge is -2.31. The Morgan fingerprint density at radius 1 is 0.286 bits per heavy atom. The van der Waals surface area contributed by atoms with Crippen LogP contribution in [0.4, 0.5) is 42.9 Å². The molecule has 0 aliphatic heterocycles. The minimum absolute atomic E-state index is 0.323. The van der Waals surface area contributed by atoms with Crippen LogP contribution in [0.1, 0.15) is 0 Å². The SMILES string of the molecule is Fc1ccc(N(c2cc(-c3ccccc3)c3ccc4c(N(c5ccc(F)cc5)c5cccc6c5oc5ccccc56)cc(-c5ccccc5)c5ccc2c3c54)c2cccc3c2oc2ccccc23)cc1. The molecule has 0 N–H and O–H groups in total. The van der Waals surface area contributed by atoms with E-state index in [0.29, 0.717) is 0 Å². The fourth-order valence-electron chi connectivity index (χ4n) is 10.9. The van der Waals surface area contributed by atoms with Crippen LogP contribution >= 0.6 is 0 Å². The van der Waals surface area contributed by atoms with Crippen LogP contribution in [0.3, 0.4) is 0 Å². The van der Waals surface area contributed by atoms with Crippen molar-refractivity contribution in [2.24, 2.45) is 0 Å². The van der Waals surface area contributed by atoms with Gasteiger partial charge in [0, 0.05) is 54.5 Å². The maximum atomic E-state index is 15.0. The molecule has 2 heterocycles. The summed E-state index contributed by atoms with van der Waals surface area (Å²) in [7, 11) is 0.